The van der Waals surface area contributed by atoms with E-state index in [1.54, 1.807) is 0 Å². The second-order valence-corrected chi connectivity index (χ2v) is 4.47. The fourth-order valence-electron chi connectivity index (χ4n) is 2.67. The molecule has 1 aliphatic rings. The van der Waals surface area contributed by atoms with Crippen LogP contribution in [0.2, 0.25) is 0 Å². The SMILES string of the molecule is CCC1N(CC)CCN1Cc1ccccc1. The number of hydrogen-bond acceptors (Lipinski definition) is 2. The predicted molar refractivity (Wildman–Crippen MR) is 68.2 cm³/mol. The Morgan fingerprint density at radius 3 is 2.38 bits per heavy atom. The highest BCUT2D eigenvalue weighted by molar-refractivity contribution is 5.14. The Hall–Kier alpha value is -0.860. The molecule has 0 radical (unpaired) electrons. The van der Waals surface area contributed by atoms with E-state index in [0.717, 1.165) is 6.54 Å². The highest BCUT2D eigenvalue weighted by atomic mass is 15.4. The van der Waals surface area contributed by atoms with Crippen molar-refractivity contribution in [2.45, 2.75) is 33.0 Å². The molecule has 2 nitrogen and oxygen atoms in total. The van der Waals surface area contributed by atoms with E-state index in [9.17, 15) is 0 Å². The number of likely N-dealkylation sites (N-methyl/N-ethyl adjacent to an activating group) is 1. The average molecular weight is 218 g/mol. The maximum Gasteiger partial charge on any atom is 0.0623 e. The van der Waals surface area contributed by atoms with Gasteiger partial charge in [-0.15, -0.1) is 0 Å². The molecule has 1 atom stereocenters. The van der Waals surface area contributed by atoms with Gasteiger partial charge >= 0.3 is 0 Å². The summed E-state index contributed by atoms with van der Waals surface area (Å²) in [5, 5.41) is 0. The molecule has 2 heteroatoms. The molecule has 1 aromatic rings. The molecular formula is C14H22N2. The maximum absolute atomic E-state index is 2.60. The number of benzene rings is 1. The van der Waals surface area contributed by atoms with Gasteiger partial charge in [-0.25, -0.2) is 0 Å². The first-order valence-electron chi connectivity index (χ1n) is 6.37. The van der Waals surface area contributed by atoms with E-state index < -0.39 is 0 Å². The molecule has 88 valence electrons. The molecule has 0 N–H and O–H groups in total. The Morgan fingerprint density at radius 1 is 1.06 bits per heavy atom. The summed E-state index contributed by atoms with van der Waals surface area (Å²) in [6, 6.07) is 10.8. The van der Waals surface area contributed by atoms with Gasteiger partial charge in [-0.1, -0.05) is 44.2 Å². The van der Waals surface area contributed by atoms with Crippen molar-refractivity contribution in [2.24, 2.45) is 0 Å². The van der Waals surface area contributed by atoms with Gasteiger partial charge in [0.25, 0.3) is 0 Å². The summed E-state index contributed by atoms with van der Waals surface area (Å²) < 4.78 is 0. The number of nitrogens with zero attached hydrogens (tertiary/aromatic N) is 2. The summed E-state index contributed by atoms with van der Waals surface area (Å²) in [6.07, 6.45) is 1.87. The van der Waals surface area contributed by atoms with Crippen LogP contribution in [0.25, 0.3) is 0 Å². The molecule has 0 amide bonds. The van der Waals surface area contributed by atoms with Crippen molar-refractivity contribution < 1.29 is 0 Å². The molecule has 0 saturated carbocycles. The lowest BCUT2D eigenvalue weighted by Crippen LogP contribution is -2.37. The third-order valence-electron chi connectivity index (χ3n) is 3.52. The molecule has 1 fully saturated rings. The van der Waals surface area contributed by atoms with Crippen molar-refractivity contribution in [3.63, 3.8) is 0 Å². The van der Waals surface area contributed by atoms with Crippen molar-refractivity contribution in [1.82, 2.24) is 9.80 Å². The van der Waals surface area contributed by atoms with E-state index in [1.165, 1.54) is 31.6 Å². The van der Waals surface area contributed by atoms with E-state index in [1.807, 2.05) is 0 Å². The molecule has 1 heterocycles. The van der Waals surface area contributed by atoms with Crippen molar-refractivity contribution in [1.29, 1.82) is 0 Å². The first kappa shape index (κ1) is 11.6. The summed E-state index contributed by atoms with van der Waals surface area (Å²) >= 11 is 0. The molecule has 2 rings (SSSR count). The van der Waals surface area contributed by atoms with E-state index in [0.29, 0.717) is 6.17 Å². The first-order chi connectivity index (χ1) is 7.85. The van der Waals surface area contributed by atoms with Crippen LogP contribution >= 0.6 is 0 Å². The van der Waals surface area contributed by atoms with Gasteiger partial charge < -0.3 is 0 Å². The van der Waals surface area contributed by atoms with Crippen molar-refractivity contribution in [2.75, 3.05) is 19.6 Å². The minimum absolute atomic E-state index is 0.644. The quantitative estimate of drug-likeness (QED) is 0.766. The van der Waals surface area contributed by atoms with Gasteiger partial charge in [0, 0.05) is 19.6 Å². The van der Waals surface area contributed by atoms with Crippen LogP contribution in [0.4, 0.5) is 0 Å². The van der Waals surface area contributed by atoms with Gasteiger partial charge in [0.05, 0.1) is 6.17 Å². The maximum atomic E-state index is 2.60. The van der Waals surface area contributed by atoms with Crippen LogP contribution in [0.5, 0.6) is 0 Å². The largest absolute Gasteiger partial charge is 0.287 e. The molecule has 0 aromatic heterocycles. The highest BCUT2D eigenvalue weighted by Gasteiger charge is 2.28. The predicted octanol–water partition coefficient (Wildman–Crippen LogP) is 2.56. The first-order valence-corrected chi connectivity index (χ1v) is 6.37. The Bertz CT molecular complexity index is 310. The zero-order chi connectivity index (χ0) is 11.4. The molecule has 0 aliphatic carbocycles. The third kappa shape index (κ3) is 2.45. The van der Waals surface area contributed by atoms with Crippen LogP contribution in [0.1, 0.15) is 25.8 Å². The summed E-state index contributed by atoms with van der Waals surface area (Å²) in [7, 11) is 0. The van der Waals surface area contributed by atoms with Gasteiger partial charge in [-0.3, -0.25) is 9.80 Å². The Balaban J connectivity index is 2.00. The zero-order valence-electron chi connectivity index (χ0n) is 10.4. The molecule has 1 aliphatic heterocycles. The van der Waals surface area contributed by atoms with E-state index >= 15 is 0 Å². The van der Waals surface area contributed by atoms with E-state index in [-0.39, 0.29) is 0 Å². The van der Waals surface area contributed by atoms with Gasteiger partial charge in [-0.05, 0) is 18.5 Å². The molecule has 16 heavy (non-hydrogen) atoms. The second kappa shape index (κ2) is 5.46. The van der Waals surface area contributed by atoms with Crippen LogP contribution in [-0.2, 0) is 6.54 Å². The van der Waals surface area contributed by atoms with E-state index in [4.69, 9.17) is 0 Å². The fourth-order valence-corrected chi connectivity index (χ4v) is 2.67. The zero-order valence-corrected chi connectivity index (χ0v) is 10.4. The van der Waals surface area contributed by atoms with Crippen molar-refractivity contribution in [3.05, 3.63) is 35.9 Å². The Kier molecular flexibility index (Phi) is 3.97. The smallest absolute Gasteiger partial charge is 0.0623 e. The van der Waals surface area contributed by atoms with Crippen molar-refractivity contribution in [3.8, 4) is 0 Å². The molecule has 0 bridgehead atoms. The van der Waals surface area contributed by atoms with Crippen LogP contribution in [0, 0.1) is 0 Å². The number of hydrogen-bond donors (Lipinski definition) is 0. The Labute approximate surface area is 98.9 Å². The summed E-state index contributed by atoms with van der Waals surface area (Å²) in [5.41, 5.74) is 1.43. The monoisotopic (exact) mass is 218 g/mol. The molecule has 0 spiro atoms. The third-order valence-corrected chi connectivity index (χ3v) is 3.52. The van der Waals surface area contributed by atoms with Crippen LogP contribution in [0.3, 0.4) is 0 Å². The summed E-state index contributed by atoms with van der Waals surface area (Å²) in [6.45, 7) is 9.24. The fraction of sp³-hybridized carbons (Fsp3) is 0.571. The molecule has 1 unspecified atom stereocenters. The summed E-state index contributed by atoms with van der Waals surface area (Å²) in [5.74, 6) is 0. The van der Waals surface area contributed by atoms with Gasteiger partial charge in [0.15, 0.2) is 0 Å². The highest BCUT2D eigenvalue weighted by Crippen LogP contribution is 2.19. The molecular weight excluding hydrogens is 196 g/mol. The minimum Gasteiger partial charge on any atom is -0.287 e. The lowest BCUT2D eigenvalue weighted by Gasteiger charge is -2.28. The normalized spacial score (nSPS) is 22.8. The van der Waals surface area contributed by atoms with E-state index in [2.05, 4.69) is 54.0 Å². The van der Waals surface area contributed by atoms with Crippen LogP contribution in [0.15, 0.2) is 30.3 Å². The molecule has 1 aromatic carbocycles. The van der Waals surface area contributed by atoms with Crippen LogP contribution < -0.4 is 0 Å². The topological polar surface area (TPSA) is 6.48 Å². The summed E-state index contributed by atoms with van der Waals surface area (Å²) in [4.78, 5) is 5.17. The molecule has 1 saturated heterocycles. The number of rotatable bonds is 4. The van der Waals surface area contributed by atoms with Gasteiger partial charge in [0.1, 0.15) is 0 Å². The van der Waals surface area contributed by atoms with Gasteiger partial charge in [-0.2, -0.15) is 0 Å². The minimum atomic E-state index is 0.644. The van der Waals surface area contributed by atoms with Crippen LogP contribution in [-0.4, -0.2) is 35.6 Å². The standard InChI is InChI=1S/C14H22N2/c1-3-14-15(4-2)10-11-16(14)12-13-8-6-5-7-9-13/h5-9,14H,3-4,10-12H2,1-2H3. The van der Waals surface area contributed by atoms with Gasteiger partial charge in [0.2, 0.25) is 0 Å². The lowest BCUT2D eigenvalue weighted by molar-refractivity contribution is 0.131. The lowest BCUT2D eigenvalue weighted by atomic mass is 10.2. The second-order valence-electron chi connectivity index (χ2n) is 4.47. The van der Waals surface area contributed by atoms with Crippen molar-refractivity contribution >= 4 is 0 Å². The Morgan fingerprint density at radius 2 is 1.75 bits per heavy atom. The average Bonchev–Trinajstić information content (AvgIpc) is 2.72.